The first-order valence-corrected chi connectivity index (χ1v) is 14.9. The number of hydrogen-bond donors (Lipinski definition) is 4. The molecule has 0 unspecified atom stereocenters. The molecule has 42 heavy (non-hydrogen) atoms. The number of amides is 1. The van der Waals surface area contributed by atoms with E-state index in [-0.39, 0.29) is 23.7 Å². The first-order valence-electron chi connectivity index (χ1n) is 12.5. The number of ether oxygens (including phenoxy) is 1. The number of carbonyl (C=O) groups excluding carboxylic acids is 1. The Labute approximate surface area is 247 Å². The minimum Gasteiger partial charge on any atom is -0.489 e. The van der Waals surface area contributed by atoms with Crippen molar-refractivity contribution in [2.45, 2.75) is 33.4 Å². The number of rotatable bonds is 15. The van der Waals surface area contributed by atoms with Gasteiger partial charge in [-0.3, -0.25) is 9.32 Å². The van der Waals surface area contributed by atoms with Crippen molar-refractivity contribution in [1.29, 1.82) is 0 Å². The number of aryl methyl sites for hydroxylation is 1. The summed E-state index contributed by atoms with van der Waals surface area (Å²) in [5.74, 6) is 0.00879. The highest BCUT2D eigenvalue weighted by Crippen LogP contribution is 2.39. The lowest BCUT2D eigenvalue weighted by Gasteiger charge is -2.22. The van der Waals surface area contributed by atoms with Crippen molar-refractivity contribution < 1.29 is 38.3 Å². The molecule has 2 aromatic carbocycles. The quantitative estimate of drug-likeness (QED) is 0.107. The summed E-state index contributed by atoms with van der Waals surface area (Å²) in [4.78, 5) is 52.2. The molecule has 0 saturated heterocycles. The first kappa shape index (κ1) is 32.5. The van der Waals surface area contributed by atoms with Gasteiger partial charge in [-0.15, -0.1) is 0 Å². The molecule has 3 aromatic rings. The van der Waals surface area contributed by atoms with E-state index in [2.05, 4.69) is 14.5 Å². The Morgan fingerprint density at radius 3 is 2.43 bits per heavy atom. The molecule has 0 aliphatic heterocycles. The molecule has 1 heterocycles. The monoisotopic (exact) mass is 614 g/mol. The van der Waals surface area contributed by atoms with E-state index in [0.717, 1.165) is 17.3 Å². The number of carboxylic acids is 1. The maximum Gasteiger partial charge on any atom is 0.469 e. The molecule has 5 N–H and O–H groups in total. The number of nitrogens with two attached hydrogens (primary N) is 1. The van der Waals surface area contributed by atoms with Crippen LogP contribution in [-0.2, 0) is 31.8 Å². The van der Waals surface area contributed by atoms with Crippen LogP contribution in [0.1, 0.15) is 35.9 Å². The summed E-state index contributed by atoms with van der Waals surface area (Å²) < 4.78 is 21.6. The molecule has 0 atom stereocenters. The first-order chi connectivity index (χ1) is 19.9. The van der Waals surface area contributed by atoms with Crippen molar-refractivity contribution in [2.75, 3.05) is 12.3 Å². The van der Waals surface area contributed by atoms with Gasteiger partial charge in [0.15, 0.2) is 0 Å². The lowest BCUT2D eigenvalue weighted by Crippen LogP contribution is -2.22. The number of carbonyl (C=O) groups is 2. The number of phosphoric ester groups is 1. The van der Waals surface area contributed by atoms with E-state index in [0.29, 0.717) is 46.3 Å². The second-order valence-electron chi connectivity index (χ2n) is 8.90. The minimum atomic E-state index is -4.78. The maximum absolute atomic E-state index is 12.2. The van der Waals surface area contributed by atoms with Crippen LogP contribution in [0.3, 0.4) is 0 Å². The summed E-state index contributed by atoms with van der Waals surface area (Å²) >= 11 is 0.838. The summed E-state index contributed by atoms with van der Waals surface area (Å²) in [5, 5.41) is 9.97. The highest BCUT2D eigenvalue weighted by Gasteiger charge is 2.20. The Morgan fingerprint density at radius 1 is 1.14 bits per heavy atom. The van der Waals surface area contributed by atoms with Gasteiger partial charge in [0.05, 0.1) is 18.1 Å². The fraction of sp³-hybridized carbons (Fsp3) is 0.214. The van der Waals surface area contributed by atoms with Crippen molar-refractivity contribution >= 4 is 43.9 Å². The molecule has 12 nitrogen and oxygen atoms in total. The summed E-state index contributed by atoms with van der Waals surface area (Å²) in [7, 11) is -4.78. The third kappa shape index (κ3) is 10.4. The van der Waals surface area contributed by atoms with Gasteiger partial charge in [0, 0.05) is 28.8 Å². The van der Waals surface area contributed by atoms with Crippen LogP contribution in [0.4, 0.5) is 5.82 Å². The Morgan fingerprint density at radius 2 is 1.83 bits per heavy atom. The molecular weight excluding hydrogens is 583 g/mol. The van der Waals surface area contributed by atoms with Crippen LogP contribution in [0.5, 0.6) is 5.75 Å². The van der Waals surface area contributed by atoms with Gasteiger partial charge in [-0.25, -0.2) is 19.3 Å². The molecule has 222 valence electrons. The van der Waals surface area contributed by atoms with Crippen LogP contribution < -0.4 is 10.5 Å². The average Bonchev–Trinajstić information content (AvgIpc) is 2.95. The van der Waals surface area contributed by atoms with Gasteiger partial charge >= 0.3 is 13.8 Å². The van der Waals surface area contributed by atoms with Crippen LogP contribution in [0, 0.1) is 6.92 Å². The Bertz CT molecular complexity index is 1490. The zero-order valence-electron chi connectivity index (χ0n) is 22.9. The maximum atomic E-state index is 12.2. The fourth-order valence-corrected chi connectivity index (χ4v) is 4.92. The predicted molar refractivity (Wildman–Crippen MR) is 159 cm³/mol. The van der Waals surface area contributed by atoms with Gasteiger partial charge in [-0.1, -0.05) is 54.2 Å². The highest BCUT2D eigenvalue weighted by molar-refractivity contribution is 8.07. The molecule has 0 aliphatic rings. The molecule has 14 heteroatoms. The fourth-order valence-electron chi connectivity index (χ4n) is 3.60. The van der Waals surface area contributed by atoms with E-state index in [1.807, 2.05) is 30.3 Å². The summed E-state index contributed by atoms with van der Waals surface area (Å²) in [6, 6.07) is 16.5. The van der Waals surface area contributed by atoms with Crippen molar-refractivity contribution in [3.05, 3.63) is 98.8 Å². The molecule has 3 rings (SSSR count). The van der Waals surface area contributed by atoms with E-state index < -0.39 is 20.4 Å². The van der Waals surface area contributed by atoms with Gasteiger partial charge in [0.1, 0.15) is 24.0 Å². The minimum absolute atomic E-state index is 0.0125. The van der Waals surface area contributed by atoms with Crippen LogP contribution in [0.25, 0.3) is 6.08 Å². The second-order valence-corrected chi connectivity index (χ2v) is 11.3. The molecule has 1 aromatic heterocycles. The van der Waals surface area contributed by atoms with Crippen LogP contribution in [0.2, 0.25) is 0 Å². The number of nitrogen functional groups attached to an aromatic ring is 1. The third-order valence-corrected chi connectivity index (χ3v) is 7.56. The van der Waals surface area contributed by atoms with Gasteiger partial charge in [0.2, 0.25) is 6.41 Å². The van der Waals surface area contributed by atoms with E-state index in [4.69, 9.17) is 20.3 Å². The Kier molecular flexibility index (Phi) is 11.8. The predicted octanol–water partition coefficient (Wildman–Crippen LogP) is 4.49. The molecule has 0 fully saturated rings. The van der Waals surface area contributed by atoms with Crippen molar-refractivity contribution in [1.82, 2.24) is 14.9 Å². The largest absolute Gasteiger partial charge is 0.489 e. The van der Waals surface area contributed by atoms with E-state index in [9.17, 15) is 19.3 Å². The molecule has 0 spiro atoms. The zero-order valence-corrected chi connectivity index (χ0v) is 24.6. The standard InChI is InChI=1S/C28H31N4O8PS/c1-19(32(18-33)16-23-15-30-20(2)31-27(23)29)25(12-13-40-41(36,37)38)42-26(28(34)35)14-21-8-10-24(11-9-21)39-17-22-6-4-3-5-7-22/h3-11,14-15,18H,12-13,16-17H2,1-2H3,(H,34,35)(H2,29,30,31)(H2,36,37,38)/b25-19-,26-14+. The average molecular weight is 615 g/mol. The topological polar surface area (TPSA) is 185 Å². The van der Waals surface area contributed by atoms with E-state index in [1.54, 1.807) is 38.1 Å². The van der Waals surface area contributed by atoms with Crippen molar-refractivity contribution in [3.63, 3.8) is 0 Å². The number of phosphoric acid groups is 1. The smallest absolute Gasteiger partial charge is 0.469 e. The number of aliphatic carboxylic acids is 1. The number of hydrogen-bond acceptors (Lipinski definition) is 9. The molecule has 0 radical (unpaired) electrons. The van der Waals surface area contributed by atoms with Gasteiger partial charge < -0.3 is 30.3 Å². The zero-order chi connectivity index (χ0) is 30.7. The SMILES string of the molecule is C/C(=C(\CCOP(=O)(O)O)S/C(=C/c1ccc(OCc2ccccc2)cc1)C(=O)O)N(C=O)Cc1cnc(C)nc1N. The highest BCUT2D eigenvalue weighted by atomic mass is 32.2. The number of anilines is 1. The van der Waals surface area contributed by atoms with Gasteiger partial charge in [-0.05, 0) is 43.2 Å². The van der Waals surface area contributed by atoms with Crippen LogP contribution >= 0.6 is 19.6 Å². The molecular formula is C28H31N4O8PS. The van der Waals surface area contributed by atoms with E-state index >= 15 is 0 Å². The number of aromatic nitrogens is 2. The lowest BCUT2D eigenvalue weighted by molar-refractivity contribution is -0.131. The molecule has 0 saturated carbocycles. The molecule has 0 aliphatic carbocycles. The molecule has 1 amide bonds. The summed E-state index contributed by atoms with van der Waals surface area (Å²) in [6.07, 6.45) is 3.38. The van der Waals surface area contributed by atoms with Crippen molar-refractivity contribution in [3.8, 4) is 5.75 Å². The number of thioether (sulfide) groups is 1. The van der Waals surface area contributed by atoms with E-state index in [1.165, 1.54) is 17.2 Å². The normalized spacial score (nSPS) is 12.4. The summed E-state index contributed by atoms with van der Waals surface area (Å²) in [6.45, 7) is 3.19. The summed E-state index contributed by atoms with van der Waals surface area (Å²) in [5.41, 5.74) is 8.36. The second kappa shape index (κ2) is 15.3. The van der Waals surface area contributed by atoms with Gasteiger partial charge in [0.25, 0.3) is 0 Å². The molecule has 0 bridgehead atoms. The number of allylic oxidation sites excluding steroid dienone is 1. The van der Waals surface area contributed by atoms with Gasteiger partial charge in [-0.2, -0.15) is 0 Å². The number of carboxylic acid groups (broad SMARTS) is 1. The Balaban J connectivity index is 1.85. The van der Waals surface area contributed by atoms with Crippen LogP contribution in [0.15, 0.2) is 76.3 Å². The lowest BCUT2D eigenvalue weighted by atomic mass is 10.2. The Hall–Kier alpha value is -4.00. The van der Waals surface area contributed by atoms with Crippen LogP contribution in [-0.4, -0.2) is 48.7 Å². The van der Waals surface area contributed by atoms with Crippen molar-refractivity contribution in [2.24, 2.45) is 0 Å². The number of benzene rings is 2. The number of nitrogens with zero attached hydrogens (tertiary/aromatic N) is 3. The third-order valence-electron chi connectivity index (χ3n) is 5.78.